The van der Waals surface area contributed by atoms with Gasteiger partial charge in [0.15, 0.2) is 0 Å². The van der Waals surface area contributed by atoms with Gasteiger partial charge < -0.3 is 83.3 Å². The first kappa shape index (κ1) is 70.1. The van der Waals surface area contributed by atoms with Crippen LogP contribution < -0.4 is 39.7 Å². The number of hydrogen-bond donors (Lipinski definition) is 0. The molecule has 12 heterocycles. The Hall–Kier alpha value is -9.54. The number of epoxide rings is 2. The van der Waals surface area contributed by atoms with Gasteiger partial charge in [-0.15, -0.1) is 0 Å². The van der Waals surface area contributed by atoms with Gasteiger partial charge in [-0.05, 0) is 207 Å². The van der Waals surface area contributed by atoms with Crippen molar-refractivity contribution in [3.63, 3.8) is 0 Å². The van der Waals surface area contributed by atoms with Gasteiger partial charge in [0.1, 0.15) is 94.4 Å². The summed E-state index contributed by atoms with van der Waals surface area (Å²) in [6, 6.07) is 20.9. The van der Waals surface area contributed by atoms with Crippen LogP contribution in [0.2, 0.25) is 0 Å². The van der Waals surface area contributed by atoms with Gasteiger partial charge in [-0.25, -0.2) is 9.59 Å². The molecule has 6 atom stereocenters. The lowest BCUT2D eigenvalue weighted by Gasteiger charge is -2.30. The van der Waals surface area contributed by atoms with E-state index < -0.39 is 34.4 Å². The molecule has 6 aliphatic rings. The van der Waals surface area contributed by atoms with Crippen molar-refractivity contribution < 1.29 is 83.3 Å². The zero-order valence-corrected chi connectivity index (χ0v) is 60.8. The van der Waals surface area contributed by atoms with Gasteiger partial charge in [0.25, 0.3) is 0 Å². The van der Waals surface area contributed by atoms with E-state index in [2.05, 4.69) is 67.5 Å². The van der Waals surface area contributed by atoms with Crippen molar-refractivity contribution in [3.8, 4) is 34.5 Å². The maximum Gasteiger partial charge on any atom is 0.350 e. The van der Waals surface area contributed by atoms with Gasteiger partial charge in [-0.1, -0.05) is 22.3 Å². The zero-order valence-electron chi connectivity index (χ0n) is 60.8. The number of hydrogen-bond acceptors (Lipinski definition) is 20. The van der Waals surface area contributed by atoms with Crippen LogP contribution in [0.1, 0.15) is 146 Å². The molecule has 0 bridgehead atoms. The Morgan fingerprint density at radius 3 is 1.01 bits per heavy atom. The highest BCUT2D eigenvalue weighted by Gasteiger charge is 2.56. The van der Waals surface area contributed by atoms with Gasteiger partial charge in [0, 0.05) is 48.6 Å². The van der Waals surface area contributed by atoms with E-state index in [0.717, 1.165) is 82.3 Å². The molecule has 20 heteroatoms. The van der Waals surface area contributed by atoms with Crippen LogP contribution in [0.4, 0.5) is 0 Å². The maximum atomic E-state index is 11.8. The Balaban J connectivity index is 0.000000167. The number of ether oxygens (including phenoxy) is 12. The smallest absolute Gasteiger partial charge is 0.350 e. The summed E-state index contributed by atoms with van der Waals surface area (Å²) in [5, 5.41) is 4.81. The van der Waals surface area contributed by atoms with Gasteiger partial charge >= 0.3 is 23.2 Å². The minimum Gasteiger partial charge on any atom is -0.488 e. The van der Waals surface area contributed by atoms with E-state index >= 15 is 0 Å². The first-order valence-electron chi connectivity index (χ1n) is 35.8. The summed E-state index contributed by atoms with van der Waals surface area (Å²) in [6.45, 7) is 26.5. The van der Waals surface area contributed by atoms with Crippen LogP contribution in [0, 0.1) is 0 Å². The van der Waals surface area contributed by atoms with Crippen LogP contribution in [0.5, 0.6) is 34.5 Å². The van der Waals surface area contributed by atoms with E-state index in [1.165, 1.54) is 23.3 Å². The van der Waals surface area contributed by atoms with E-state index in [9.17, 15) is 9.59 Å². The third-order valence-electron chi connectivity index (χ3n) is 20.6. The second kappa shape index (κ2) is 27.5. The number of rotatable bonds is 24. The Morgan fingerprint density at radius 2 is 0.673 bits per heavy atom. The molecule has 4 fully saturated rings. The van der Waals surface area contributed by atoms with Gasteiger partial charge in [0.05, 0.1) is 115 Å². The molecule has 20 nitrogen and oxygen atoms in total. The summed E-state index contributed by atoms with van der Waals surface area (Å²) in [4.78, 5) is 23.6. The number of fused-ring (bicyclic) bond motifs is 8. The van der Waals surface area contributed by atoms with E-state index in [-0.39, 0.29) is 23.4 Å². The standard InChI is InChI=1S/2C42H44O10/c2*1-25(7-10-35-40(3,4)50-35)15-20-47-39-28-13-18-42(49-34(28)24-32-30(39)17-22-45-32)51-36(41(5,6)52-42)11-8-26(2)14-19-46-38-27-9-12-37(43)48-33(27)23-31-29(38)16-21-44-31/h2*9,12-18,21-24,35-36H,7-8,10-11,19-20H2,1-6H3/b2*25-15+,26-14+. The number of benzene rings is 4. The molecule has 2 spiro atoms. The largest absolute Gasteiger partial charge is 0.488 e. The number of allylic oxidation sites excluding steroid dienone is 4. The molecule has 0 radical (unpaired) electrons. The second-order valence-electron chi connectivity index (χ2n) is 30.0. The zero-order chi connectivity index (χ0) is 72.5. The Kier molecular flexibility index (Phi) is 18.5. The Morgan fingerprint density at radius 1 is 0.375 bits per heavy atom. The molecule has 4 saturated heterocycles. The molecular formula is C84H88O20. The summed E-state index contributed by atoms with van der Waals surface area (Å²) >= 11 is 0. The predicted molar refractivity (Wildman–Crippen MR) is 394 cm³/mol. The molecule has 0 saturated carbocycles. The molecule has 6 aliphatic heterocycles. The molecule has 6 unspecified atom stereocenters. The fourth-order valence-electron chi connectivity index (χ4n) is 14.3. The molecule has 16 rings (SSSR count). The number of furan rings is 4. The molecular weight excluding hydrogens is 1330 g/mol. The fraction of sp³-hybridized carbons (Fsp3) is 0.405. The highest BCUT2D eigenvalue weighted by Crippen LogP contribution is 2.51. The lowest BCUT2D eigenvalue weighted by molar-refractivity contribution is -0.271. The van der Waals surface area contributed by atoms with Gasteiger partial charge in [-0.3, -0.25) is 0 Å². The summed E-state index contributed by atoms with van der Waals surface area (Å²) in [5.41, 5.74) is 7.65. The normalized spacial score (nSPS) is 23.4. The van der Waals surface area contributed by atoms with Crippen LogP contribution in [-0.2, 0) is 28.4 Å². The summed E-state index contributed by atoms with van der Waals surface area (Å²) in [5.74, 6) is 0.990. The molecule has 0 aliphatic carbocycles. The molecule has 104 heavy (non-hydrogen) atoms. The molecule has 4 aromatic carbocycles. The fourth-order valence-corrected chi connectivity index (χ4v) is 14.3. The first-order chi connectivity index (χ1) is 49.8. The lowest BCUT2D eigenvalue weighted by atomic mass is 9.96. The van der Waals surface area contributed by atoms with Gasteiger partial charge in [-0.2, -0.15) is 0 Å². The summed E-state index contributed by atoms with van der Waals surface area (Å²) < 4.78 is 109. The van der Waals surface area contributed by atoms with Crippen LogP contribution in [0.15, 0.2) is 193 Å². The van der Waals surface area contributed by atoms with Crippen molar-refractivity contribution in [1.82, 2.24) is 0 Å². The molecule has 0 amide bonds. The van der Waals surface area contributed by atoms with Crippen LogP contribution >= 0.6 is 0 Å². The third kappa shape index (κ3) is 14.6. The van der Waals surface area contributed by atoms with E-state index in [1.54, 1.807) is 49.3 Å². The maximum absolute atomic E-state index is 11.8. The van der Waals surface area contributed by atoms with Crippen LogP contribution in [-0.4, -0.2) is 85.2 Å². The van der Waals surface area contributed by atoms with E-state index in [0.29, 0.717) is 130 Å². The highest BCUT2D eigenvalue weighted by atomic mass is 16.9. The average molecular weight is 1420 g/mol. The molecule has 544 valence electrons. The van der Waals surface area contributed by atoms with Crippen molar-refractivity contribution >= 4 is 78.0 Å². The SMILES string of the molecule is C/C(=C\COc1c2c(cc3occc13)OC1(C=C2)OC(CC/C(C)=C/COc2c3ccoc3cc3oc(=O)ccc23)C(C)(C)O1)CCC1OC1(C)C.C/C(=C\COc1c2c(cc3occc13)OC1(C=C2)OC(CC/C(C)=C/COc2c3ccoc3cc3oc(=O)ccc23)C(C)(C)O1)CCC1OC1(C)C. The van der Waals surface area contributed by atoms with Crippen molar-refractivity contribution in [2.45, 2.75) is 193 Å². The topological polar surface area (TPSA) is 230 Å². The molecule has 6 aromatic heterocycles. The minimum atomic E-state index is -1.38. The Bertz CT molecular complexity index is 4920. The second-order valence-corrected chi connectivity index (χ2v) is 30.0. The van der Waals surface area contributed by atoms with Gasteiger partial charge in [0.2, 0.25) is 0 Å². The van der Waals surface area contributed by atoms with Crippen LogP contribution in [0.25, 0.3) is 78.0 Å². The molecule has 10 aromatic rings. The van der Waals surface area contributed by atoms with Crippen molar-refractivity contribution in [3.05, 3.63) is 189 Å². The monoisotopic (exact) mass is 1420 g/mol. The summed E-state index contributed by atoms with van der Waals surface area (Å²) in [7, 11) is 0. The predicted octanol–water partition coefficient (Wildman–Crippen LogP) is 19.3. The molecule has 0 N–H and O–H groups in total. The highest BCUT2D eigenvalue weighted by molar-refractivity contribution is 6.02. The first-order valence-corrected chi connectivity index (χ1v) is 35.8. The van der Waals surface area contributed by atoms with E-state index in [1.807, 2.05) is 101 Å². The van der Waals surface area contributed by atoms with Crippen LogP contribution in [0.3, 0.4) is 0 Å². The van der Waals surface area contributed by atoms with E-state index in [4.69, 9.17) is 83.3 Å². The minimum absolute atomic E-state index is 0.00205. The third-order valence-corrected chi connectivity index (χ3v) is 20.6. The Labute approximate surface area is 601 Å². The van der Waals surface area contributed by atoms with Crippen molar-refractivity contribution in [2.75, 3.05) is 26.4 Å². The van der Waals surface area contributed by atoms with Crippen molar-refractivity contribution in [2.24, 2.45) is 0 Å². The summed E-state index contributed by atoms with van der Waals surface area (Å²) in [6.07, 6.45) is 29.4. The average Bonchev–Trinajstić information content (AvgIpc) is 1.53. The lowest BCUT2D eigenvalue weighted by Crippen LogP contribution is -2.39. The van der Waals surface area contributed by atoms with Crippen molar-refractivity contribution in [1.29, 1.82) is 0 Å². The quantitative estimate of drug-likeness (QED) is 0.0311.